The SMILES string of the molecule is CCNC(=NCCN(C)CCOC)NCCN1C(=O)C2C3C=CC(C3)C2C1=O. The number of hydrogen-bond donors (Lipinski definition) is 2. The minimum atomic E-state index is -0.118. The second-order valence-electron chi connectivity index (χ2n) is 7.81. The van der Waals surface area contributed by atoms with Crippen molar-refractivity contribution in [3.63, 3.8) is 0 Å². The average molecular weight is 392 g/mol. The smallest absolute Gasteiger partial charge is 0.233 e. The zero-order valence-electron chi connectivity index (χ0n) is 17.2. The van der Waals surface area contributed by atoms with Crippen LogP contribution in [0.2, 0.25) is 0 Å². The average Bonchev–Trinajstić information content (AvgIpc) is 3.35. The van der Waals surface area contributed by atoms with E-state index in [0.29, 0.717) is 32.2 Å². The maximum atomic E-state index is 12.7. The lowest BCUT2D eigenvalue weighted by Crippen LogP contribution is -2.44. The lowest BCUT2D eigenvalue weighted by molar-refractivity contribution is -0.140. The highest BCUT2D eigenvalue weighted by molar-refractivity contribution is 6.06. The molecule has 0 radical (unpaired) electrons. The van der Waals surface area contributed by atoms with Crippen molar-refractivity contribution in [1.82, 2.24) is 20.4 Å². The number of nitrogens with one attached hydrogen (secondary N) is 2. The molecule has 8 heteroatoms. The maximum Gasteiger partial charge on any atom is 0.233 e. The van der Waals surface area contributed by atoms with Gasteiger partial charge >= 0.3 is 0 Å². The Hall–Kier alpha value is -1.93. The normalized spacial score (nSPS) is 28.6. The van der Waals surface area contributed by atoms with Gasteiger partial charge in [0.05, 0.1) is 25.0 Å². The van der Waals surface area contributed by atoms with Crippen LogP contribution in [0.3, 0.4) is 0 Å². The molecule has 3 aliphatic rings. The Labute approximate surface area is 167 Å². The van der Waals surface area contributed by atoms with Crippen LogP contribution in [0.4, 0.5) is 0 Å². The monoisotopic (exact) mass is 391 g/mol. The van der Waals surface area contributed by atoms with Gasteiger partial charge in [-0.05, 0) is 32.2 Å². The number of guanidine groups is 1. The van der Waals surface area contributed by atoms with Crippen LogP contribution in [0.15, 0.2) is 17.1 Å². The molecule has 0 aromatic carbocycles. The maximum absolute atomic E-state index is 12.7. The van der Waals surface area contributed by atoms with Gasteiger partial charge in [0.1, 0.15) is 0 Å². The van der Waals surface area contributed by atoms with Crippen LogP contribution in [-0.4, -0.2) is 87.6 Å². The van der Waals surface area contributed by atoms with Crippen LogP contribution < -0.4 is 10.6 Å². The van der Waals surface area contributed by atoms with Crippen molar-refractivity contribution in [1.29, 1.82) is 0 Å². The first-order valence-electron chi connectivity index (χ1n) is 10.3. The third kappa shape index (κ3) is 4.38. The zero-order chi connectivity index (χ0) is 20.1. The van der Waals surface area contributed by atoms with E-state index in [4.69, 9.17) is 4.74 Å². The molecule has 0 aromatic rings. The number of methoxy groups -OCH3 is 1. The van der Waals surface area contributed by atoms with Crippen molar-refractivity contribution in [3.05, 3.63) is 12.2 Å². The number of carbonyl (C=O) groups excluding carboxylic acids is 2. The lowest BCUT2D eigenvalue weighted by atomic mass is 9.85. The van der Waals surface area contributed by atoms with Crippen molar-refractivity contribution in [3.8, 4) is 0 Å². The molecule has 2 amide bonds. The molecule has 4 atom stereocenters. The summed E-state index contributed by atoms with van der Waals surface area (Å²) in [7, 11) is 3.74. The van der Waals surface area contributed by atoms with E-state index in [9.17, 15) is 9.59 Å². The first-order valence-corrected chi connectivity index (χ1v) is 10.3. The molecule has 3 rings (SSSR count). The van der Waals surface area contributed by atoms with E-state index in [-0.39, 0.29) is 35.5 Å². The Kier molecular flexibility index (Phi) is 7.07. The number of allylic oxidation sites excluding steroid dienone is 2. The fraction of sp³-hybridized carbons (Fsp3) is 0.750. The van der Waals surface area contributed by atoms with Crippen molar-refractivity contribution in [2.24, 2.45) is 28.7 Å². The number of likely N-dealkylation sites (tertiary alicyclic amines) is 1. The summed E-state index contributed by atoms with van der Waals surface area (Å²) < 4.78 is 5.08. The molecule has 28 heavy (non-hydrogen) atoms. The predicted octanol–water partition coefficient (Wildman–Crippen LogP) is -0.0732. The molecule has 4 unspecified atom stereocenters. The summed E-state index contributed by atoms with van der Waals surface area (Å²) in [6.07, 6.45) is 5.21. The number of rotatable bonds is 10. The number of amides is 2. The molecule has 0 spiro atoms. The van der Waals surface area contributed by atoms with Gasteiger partial charge in [0.2, 0.25) is 11.8 Å². The minimum Gasteiger partial charge on any atom is -0.383 e. The number of nitrogens with zero attached hydrogens (tertiary/aromatic N) is 3. The van der Waals surface area contributed by atoms with Crippen molar-refractivity contribution in [2.45, 2.75) is 13.3 Å². The lowest BCUT2D eigenvalue weighted by Gasteiger charge is -2.19. The number of imide groups is 1. The summed E-state index contributed by atoms with van der Waals surface area (Å²) in [5, 5.41) is 6.45. The number of fused-ring (bicyclic) bond motifs is 5. The number of aliphatic imine (C=N–C) groups is 1. The third-order valence-corrected chi connectivity index (χ3v) is 5.96. The molecule has 2 aliphatic carbocycles. The molecule has 2 bridgehead atoms. The summed E-state index contributed by atoms with van der Waals surface area (Å²) in [6, 6.07) is 0. The molecule has 1 saturated heterocycles. The van der Waals surface area contributed by atoms with Gasteiger partial charge in [-0.3, -0.25) is 19.5 Å². The third-order valence-electron chi connectivity index (χ3n) is 5.96. The first kappa shape index (κ1) is 20.8. The fourth-order valence-electron chi connectivity index (χ4n) is 4.50. The Morgan fingerprint density at radius 1 is 1.21 bits per heavy atom. The van der Waals surface area contributed by atoms with E-state index < -0.39 is 0 Å². The van der Waals surface area contributed by atoms with Crippen LogP contribution >= 0.6 is 0 Å². The molecule has 1 saturated carbocycles. The highest BCUT2D eigenvalue weighted by Crippen LogP contribution is 2.52. The van der Waals surface area contributed by atoms with Gasteiger partial charge < -0.3 is 20.3 Å². The van der Waals surface area contributed by atoms with Crippen LogP contribution in [0.25, 0.3) is 0 Å². The van der Waals surface area contributed by atoms with E-state index in [1.54, 1.807) is 7.11 Å². The number of likely N-dealkylation sites (N-methyl/N-ethyl adjacent to an activating group) is 1. The summed E-state index contributed by atoms with van der Waals surface area (Å²) in [4.78, 5) is 33.6. The van der Waals surface area contributed by atoms with Crippen LogP contribution in [-0.2, 0) is 14.3 Å². The molecular weight excluding hydrogens is 358 g/mol. The van der Waals surface area contributed by atoms with Gasteiger partial charge in [-0.25, -0.2) is 0 Å². The van der Waals surface area contributed by atoms with Gasteiger partial charge in [0.15, 0.2) is 5.96 Å². The van der Waals surface area contributed by atoms with Crippen LogP contribution in [0.5, 0.6) is 0 Å². The van der Waals surface area contributed by atoms with E-state index in [1.165, 1.54) is 4.90 Å². The van der Waals surface area contributed by atoms with E-state index in [2.05, 4.69) is 32.7 Å². The molecule has 8 nitrogen and oxygen atoms in total. The van der Waals surface area contributed by atoms with Crippen LogP contribution in [0.1, 0.15) is 13.3 Å². The van der Waals surface area contributed by atoms with Gasteiger partial charge in [-0.2, -0.15) is 0 Å². The summed E-state index contributed by atoms with van der Waals surface area (Å²) in [6.45, 7) is 6.74. The van der Waals surface area contributed by atoms with Crippen molar-refractivity contribution >= 4 is 17.8 Å². The molecule has 1 heterocycles. The van der Waals surface area contributed by atoms with Crippen LogP contribution in [0, 0.1) is 23.7 Å². The summed E-state index contributed by atoms with van der Waals surface area (Å²) in [5.41, 5.74) is 0. The van der Waals surface area contributed by atoms with E-state index in [1.807, 2.05) is 14.0 Å². The van der Waals surface area contributed by atoms with Gasteiger partial charge in [0.25, 0.3) is 0 Å². The number of ether oxygens (including phenoxy) is 1. The second-order valence-corrected chi connectivity index (χ2v) is 7.81. The Bertz CT molecular complexity index is 605. The standard InChI is InChI=1S/C20H33N5O3/c1-4-21-20(22-7-9-24(2)11-12-28-3)23-8-10-25-18(26)16-14-5-6-15(13-14)17(16)19(25)27/h5-6,14-17H,4,7-13H2,1-3H3,(H2,21,22,23). The van der Waals surface area contributed by atoms with E-state index in [0.717, 1.165) is 26.1 Å². The molecule has 156 valence electrons. The molecule has 1 aliphatic heterocycles. The minimum absolute atomic E-state index is 0.00959. The summed E-state index contributed by atoms with van der Waals surface area (Å²) in [5.74, 6) is 1.02. The predicted molar refractivity (Wildman–Crippen MR) is 108 cm³/mol. The fourth-order valence-corrected chi connectivity index (χ4v) is 4.50. The van der Waals surface area contributed by atoms with Gasteiger partial charge in [0, 0.05) is 39.8 Å². The second kappa shape index (κ2) is 9.52. The van der Waals surface area contributed by atoms with Crippen molar-refractivity contribution < 1.29 is 14.3 Å². The Morgan fingerprint density at radius 2 is 1.89 bits per heavy atom. The first-order chi connectivity index (χ1) is 13.6. The van der Waals surface area contributed by atoms with Crippen molar-refractivity contribution in [2.75, 3.05) is 60.0 Å². The highest BCUT2D eigenvalue weighted by Gasteiger charge is 2.58. The van der Waals surface area contributed by atoms with Gasteiger partial charge in [-0.15, -0.1) is 0 Å². The number of carbonyl (C=O) groups is 2. The van der Waals surface area contributed by atoms with E-state index >= 15 is 0 Å². The quantitative estimate of drug-likeness (QED) is 0.235. The molecule has 2 fully saturated rings. The molecular formula is C20H33N5O3. The Balaban J connectivity index is 1.45. The topological polar surface area (TPSA) is 86.3 Å². The Morgan fingerprint density at radius 3 is 2.50 bits per heavy atom. The number of hydrogen-bond acceptors (Lipinski definition) is 5. The molecule has 2 N–H and O–H groups in total. The molecule has 0 aromatic heterocycles. The van der Waals surface area contributed by atoms with Gasteiger partial charge in [-0.1, -0.05) is 12.2 Å². The zero-order valence-corrected chi connectivity index (χ0v) is 17.2. The largest absolute Gasteiger partial charge is 0.383 e. The summed E-state index contributed by atoms with van der Waals surface area (Å²) >= 11 is 0. The highest BCUT2D eigenvalue weighted by atomic mass is 16.5.